The van der Waals surface area contributed by atoms with Gasteiger partial charge in [-0.2, -0.15) is 0 Å². The summed E-state index contributed by atoms with van der Waals surface area (Å²) in [4.78, 5) is 36.7. The molecule has 0 heterocycles. The molecule has 1 amide bonds. The molecule has 0 bridgehead atoms. The first-order chi connectivity index (χ1) is 15.0. The Morgan fingerprint density at radius 3 is 1.97 bits per heavy atom. The highest BCUT2D eigenvalue weighted by atomic mass is 16.5. The van der Waals surface area contributed by atoms with Crippen LogP contribution in [0.1, 0.15) is 45.2 Å². The van der Waals surface area contributed by atoms with E-state index in [0.29, 0.717) is 11.1 Å². The summed E-state index contributed by atoms with van der Waals surface area (Å²) in [6, 6.07) is 25.2. The number of rotatable bonds is 9. The lowest BCUT2D eigenvalue weighted by atomic mass is 10.0. The molecule has 0 aliphatic heterocycles. The van der Waals surface area contributed by atoms with Crippen LogP contribution in [-0.2, 0) is 16.0 Å². The smallest absolute Gasteiger partial charge is 0.338 e. The number of esters is 1. The third kappa shape index (κ3) is 6.64. The van der Waals surface area contributed by atoms with E-state index < -0.39 is 5.97 Å². The maximum Gasteiger partial charge on any atom is 0.338 e. The lowest BCUT2D eigenvalue weighted by Gasteiger charge is -2.14. The summed E-state index contributed by atoms with van der Waals surface area (Å²) in [6.45, 7) is 1.57. The van der Waals surface area contributed by atoms with E-state index in [-0.39, 0.29) is 29.9 Å². The fourth-order valence-electron chi connectivity index (χ4n) is 3.14. The van der Waals surface area contributed by atoms with Gasteiger partial charge in [-0.1, -0.05) is 72.8 Å². The Bertz CT molecular complexity index is 1010. The minimum atomic E-state index is -0.606. The molecule has 3 aromatic carbocycles. The van der Waals surface area contributed by atoms with Crippen molar-refractivity contribution in [2.24, 2.45) is 0 Å². The fourth-order valence-corrected chi connectivity index (χ4v) is 3.14. The summed E-state index contributed by atoms with van der Waals surface area (Å²) in [6.07, 6.45) is 1.65. The van der Waals surface area contributed by atoms with Gasteiger partial charge in [0, 0.05) is 17.2 Å². The van der Waals surface area contributed by atoms with Crippen LogP contribution in [0.3, 0.4) is 0 Å². The second-order valence-electron chi connectivity index (χ2n) is 7.34. The minimum absolute atomic E-state index is 0.0327. The highest BCUT2D eigenvalue weighted by Crippen LogP contribution is 2.12. The van der Waals surface area contributed by atoms with Gasteiger partial charge in [0.15, 0.2) is 12.4 Å². The predicted molar refractivity (Wildman–Crippen MR) is 119 cm³/mol. The van der Waals surface area contributed by atoms with E-state index in [0.717, 1.165) is 12.8 Å². The Morgan fingerprint density at radius 2 is 1.32 bits per heavy atom. The number of carbonyl (C=O) groups excluding carboxylic acids is 3. The van der Waals surface area contributed by atoms with E-state index in [1.54, 1.807) is 36.4 Å². The van der Waals surface area contributed by atoms with Gasteiger partial charge in [0.05, 0.1) is 5.56 Å². The summed E-state index contributed by atoms with van der Waals surface area (Å²) in [5.41, 5.74) is 2.56. The van der Waals surface area contributed by atoms with E-state index in [4.69, 9.17) is 4.74 Å². The van der Waals surface area contributed by atoms with Crippen LogP contribution in [0.2, 0.25) is 0 Å². The average molecular weight is 415 g/mol. The Morgan fingerprint density at radius 1 is 0.774 bits per heavy atom. The molecule has 0 aliphatic carbocycles. The second-order valence-corrected chi connectivity index (χ2v) is 7.34. The molecule has 1 atom stereocenters. The zero-order valence-electron chi connectivity index (χ0n) is 17.4. The average Bonchev–Trinajstić information content (AvgIpc) is 2.82. The van der Waals surface area contributed by atoms with Crippen LogP contribution in [0.4, 0.5) is 0 Å². The number of carbonyl (C=O) groups is 3. The van der Waals surface area contributed by atoms with E-state index in [2.05, 4.69) is 17.4 Å². The molecule has 0 radical (unpaired) electrons. The molecular formula is C26H25NO4. The number of ether oxygens (including phenoxy) is 1. The molecule has 31 heavy (non-hydrogen) atoms. The molecular weight excluding hydrogens is 390 g/mol. The number of nitrogens with one attached hydrogen (secondary N) is 1. The van der Waals surface area contributed by atoms with Crippen LogP contribution >= 0.6 is 0 Å². The lowest BCUT2D eigenvalue weighted by molar-refractivity contribution is -0.124. The van der Waals surface area contributed by atoms with Gasteiger partial charge in [0.1, 0.15) is 0 Å². The van der Waals surface area contributed by atoms with E-state index in [1.165, 1.54) is 17.7 Å². The summed E-state index contributed by atoms with van der Waals surface area (Å²) in [7, 11) is 0. The highest BCUT2D eigenvalue weighted by Gasteiger charge is 2.14. The predicted octanol–water partition coefficient (Wildman–Crippen LogP) is 4.21. The van der Waals surface area contributed by atoms with Crippen molar-refractivity contribution in [3.63, 3.8) is 0 Å². The molecule has 0 aromatic heterocycles. The van der Waals surface area contributed by atoms with Crippen molar-refractivity contribution < 1.29 is 19.1 Å². The standard InChI is InChI=1S/C26H25NO4/c1-19(12-13-20-8-4-2-5-9-20)27-24(28)18-31-26(30)23-16-14-22(15-17-23)25(29)21-10-6-3-7-11-21/h2-11,14-17,19H,12-13,18H2,1H3,(H,27,28)/t19-/m0/s1. The molecule has 0 fully saturated rings. The van der Waals surface area contributed by atoms with E-state index in [9.17, 15) is 14.4 Å². The quantitative estimate of drug-likeness (QED) is 0.420. The normalized spacial score (nSPS) is 11.4. The number of amides is 1. The number of ketones is 1. The summed E-state index contributed by atoms with van der Waals surface area (Å²) >= 11 is 0. The molecule has 3 rings (SSSR count). The van der Waals surface area contributed by atoms with Crippen LogP contribution in [0.5, 0.6) is 0 Å². The zero-order valence-corrected chi connectivity index (χ0v) is 17.4. The number of hydrogen-bond donors (Lipinski definition) is 1. The first-order valence-electron chi connectivity index (χ1n) is 10.2. The second kappa shape index (κ2) is 10.9. The third-order valence-electron chi connectivity index (χ3n) is 4.87. The number of hydrogen-bond acceptors (Lipinski definition) is 4. The molecule has 5 heteroatoms. The molecule has 158 valence electrons. The van der Waals surface area contributed by atoms with Crippen molar-refractivity contribution in [3.8, 4) is 0 Å². The Kier molecular flexibility index (Phi) is 7.71. The summed E-state index contributed by atoms with van der Waals surface area (Å²) in [5.74, 6) is -1.07. The van der Waals surface area contributed by atoms with Crippen molar-refractivity contribution in [2.45, 2.75) is 25.8 Å². The third-order valence-corrected chi connectivity index (χ3v) is 4.87. The van der Waals surface area contributed by atoms with Crippen LogP contribution in [0, 0.1) is 0 Å². The zero-order chi connectivity index (χ0) is 22.1. The van der Waals surface area contributed by atoms with Crippen molar-refractivity contribution in [1.82, 2.24) is 5.32 Å². The van der Waals surface area contributed by atoms with Gasteiger partial charge in [-0.05, 0) is 37.5 Å². The van der Waals surface area contributed by atoms with Crippen molar-refractivity contribution in [2.75, 3.05) is 6.61 Å². The maximum absolute atomic E-state index is 12.4. The van der Waals surface area contributed by atoms with E-state index >= 15 is 0 Å². The number of benzene rings is 3. The summed E-state index contributed by atoms with van der Waals surface area (Å²) in [5, 5.41) is 2.84. The molecule has 3 aromatic rings. The highest BCUT2D eigenvalue weighted by molar-refractivity contribution is 6.09. The first-order valence-corrected chi connectivity index (χ1v) is 10.2. The molecule has 0 aliphatic rings. The van der Waals surface area contributed by atoms with Crippen LogP contribution in [-0.4, -0.2) is 30.3 Å². The van der Waals surface area contributed by atoms with Gasteiger partial charge in [0.25, 0.3) is 5.91 Å². The maximum atomic E-state index is 12.4. The Labute approximate surface area is 182 Å². The summed E-state index contributed by atoms with van der Waals surface area (Å²) < 4.78 is 5.10. The van der Waals surface area contributed by atoms with Gasteiger partial charge in [-0.15, -0.1) is 0 Å². The SMILES string of the molecule is C[C@@H](CCc1ccccc1)NC(=O)COC(=O)c1ccc(C(=O)c2ccccc2)cc1. The molecule has 0 spiro atoms. The molecule has 0 unspecified atom stereocenters. The fraction of sp³-hybridized carbons (Fsp3) is 0.192. The largest absolute Gasteiger partial charge is 0.452 e. The Hall–Kier alpha value is -3.73. The molecule has 1 N–H and O–H groups in total. The van der Waals surface area contributed by atoms with Gasteiger partial charge < -0.3 is 10.1 Å². The van der Waals surface area contributed by atoms with Crippen LogP contribution in [0.25, 0.3) is 0 Å². The molecule has 0 saturated carbocycles. The van der Waals surface area contributed by atoms with Gasteiger partial charge in [-0.3, -0.25) is 9.59 Å². The van der Waals surface area contributed by atoms with Gasteiger partial charge >= 0.3 is 5.97 Å². The Balaban J connectivity index is 1.44. The van der Waals surface area contributed by atoms with Crippen LogP contribution in [0.15, 0.2) is 84.9 Å². The van der Waals surface area contributed by atoms with Crippen LogP contribution < -0.4 is 5.32 Å². The monoisotopic (exact) mass is 415 g/mol. The lowest BCUT2D eigenvalue weighted by Crippen LogP contribution is -2.36. The van der Waals surface area contributed by atoms with Gasteiger partial charge in [-0.25, -0.2) is 4.79 Å². The van der Waals surface area contributed by atoms with E-state index in [1.807, 2.05) is 31.2 Å². The van der Waals surface area contributed by atoms with Gasteiger partial charge in [0.2, 0.25) is 0 Å². The first kappa shape index (κ1) is 22.0. The number of aryl methyl sites for hydroxylation is 1. The topological polar surface area (TPSA) is 72.5 Å². The van der Waals surface area contributed by atoms with Crippen molar-refractivity contribution >= 4 is 17.7 Å². The molecule has 0 saturated heterocycles. The minimum Gasteiger partial charge on any atom is -0.452 e. The van der Waals surface area contributed by atoms with Crippen molar-refractivity contribution in [1.29, 1.82) is 0 Å². The van der Waals surface area contributed by atoms with Crippen molar-refractivity contribution in [3.05, 3.63) is 107 Å². The molecule has 5 nitrogen and oxygen atoms in total.